The standard InChI is InChI=1S/C28H24F3NO6/c1-3-25(35-18(2)33)27(34)38-37-26-17-32(16-19-8-5-4-6-9-19)24-13-12-21(15-23(24)26)20-10-7-11-22(14-20)36-28(29,30)31/h4-15,17,25H,3,16H2,1-2H3. The SMILES string of the molecule is CCC(OC(C)=O)C(=O)OOc1cn(Cc2ccccc2)c2ccc(-c3cccc(OC(F)(F)F)c3)cc12. The first-order chi connectivity index (χ1) is 18.1. The molecule has 0 aliphatic carbocycles. The molecule has 7 nitrogen and oxygen atoms in total. The molecule has 0 N–H and O–H groups in total. The maximum atomic E-state index is 12.7. The van der Waals surface area contributed by atoms with Crippen LogP contribution in [0.5, 0.6) is 11.5 Å². The van der Waals surface area contributed by atoms with Crippen molar-refractivity contribution in [2.75, 3.05) is 0 Å². The number of carbonyl (C=O) groups is 2. The molecule has 4 rings (SSSR count). The number of aromatic nitrogens is 1. The summed E-state index contributed by atoms with van der Waals surface area (Å²) in [6, 6.07) is 20.5. The van der Waals surface area contributed by atoms with Gasteiger partial charge in [0.1, 0.15) is 5.75 Å². The van der Waals surface area contributed by atoms with E-state index in [0.717, 1.165) is 11.1 Å². The summed E-state index contributed by atoms with van der Waals surface area (Å²) in [5, 5.41) is 0.550. The lowest BCUT2D eigenvalue weighted by atomic mass is 10.0. The van der Waals surface area contributed by atoms with Crippen LogP contribution in [0.2, 0.25) is 0 Å². The fraction of sp³-hybridized carbons (Fsp3) is 0.214. The van der Waals surface area contributed by atoms with E-state index in [1.54, 1.807) is 37.4 Å². The second-order valence-electron chi connectivity index (χ2n) is 8.41. The van der Waals surface area contributed by atoms with Crippen LogP contribution in [0.1, 0.15) is 25.8 Å². The van der Waals surface area contributed by atoms with Gasteiger partial charge in [-0.3, -0.25) is 9.68 Å². The van der Waals surface area contributed by atoms with E-state index < -0.39 is 24.4 Å². The van der Waals surface area contributed by atoms with Gasteiger partial charge in [0.15, 0.2) is 0 Å². The van der Waals surface area contributed by atoms with Crippen LogP contribution in [-0.2, 0) is 25.8 Å². The number of carbonyl (C=O) groups excluding carboxylic acids is 2. The highest BCUT2D eigenvalue weighted by atomic mass is 19.4. The smallest absolute Gasteiger partial charge is 0.450 e. The lowest BCUT2D eigenvalue weighted by Crippen LogP contribution is -2.28. The van der Waals surface area contributed by atoms with Gasteiger partial charge in [-0.2, -0.15) is 0 Å². The van der Waals surface area contributed by atoms with E-state index in [2.05, 4.69) is 4.74 Å². The van der Waals surface area contributed by atoms with E-state index in [-0.39, 0.29) is 17.9 Å². The fourth-order valence-electron chi connectivity index (χ4n) is 3.93. The van der Waals surface area contributed by atoms with Crippen molar-refractivity contribution in [3.05, 3.63) is 84.6 Å². The maximum absolute atomic E-state index is 12.7. The van der Waals surface area contributed by atoms with Gasteiger partial charge in [0, 0.05) is 18.9 Å². The number of fused-ring (bicyclic) bond motifs is 1. The molecule has 0 aliphatic rings. The lowest BCUT2D eigenvalue weighted by Gasteiger charge is -2.12. The molecule has 0 saturated carbocycles. The van der Waals surface area contributed by atoms with Crippen LogP contribution in [0.3, 0.4) is 0 Å². The van der Waals surface area contributed by atoms with E-state index in [4.69, 9.17) is 14.5 Å². The van der Waals surface area contributed by atoms with Crippen LogP contribution in [0.4, 0.5) is 13.2 Å². The van der Waals surface area contributed by atoms with Gasteiger partial charge >= 0.3 is 18.3 Å². The molecule has 10 heteroatoms. The van der Waals surface area contributed by atoms with Crippen LogP contribution in [0, 0.1) is 0 Å². The predicted octanol–water partition coefficient (Wildman–Crippen LogP) is 6.43. The number of nitrogens with zero attached hydrogens (tertiary/aromatic N) is 1. The summed E-state index contributed by atoms with van der Waals surface area (Å²) in [5.74, 6) is -1.65. The van der Waals surface area contributed by atoms with Gasteiger partial charge in [0.2, 0.25) is 11.9 Å². The van der Waals surface area contributed by atoms with Gasteiger partial charge in [0.05, 0.1) is 11.7 Å². The van der Waals surface area contributed by atoms with Crippen molar-refractivity contribution in [2.24, 2.45) is 0 Å². The van der Waals surface area contributed by atoms with Gasteiger partial charge in [-0.15, -0.1) is 13.2 Å². The monoisotopic (exact) mass is 527 g/mol. The summed E-state index contributed by atoms with van der Waals surface area (Å²) in [6.45, 7) is 3.32. The van der Waals surface area contributed by atoms with Crippen LogP contribution in [0.25, 0.3) is 22.0 Å². The number of esters is 1. The van der Waals surface area contributed by atoms with E-state index in [1.807, 2.05) is 34.9 Å². The third kappa shape index (κ3) is 6.64. The van der Waals surface area contributed by atoms with Crippen LogP contribution in [0.15, 0.2) is 79.0 Å². The maximum Gasteiger partial charge on any atom is 0.573 e. The quantitative estimate of drug-likeness (QED) is 0.142. The molecule has 38 heavy (non-hydrogen) atoms. The number of hydrogen-bond acceptors (Lipinski definition) is 6. The lowest BCUT2D eigenvalue weighted by molar-refractivity contribution is -0.274. The van der Waals surface area contributed by atoms with Crippen molar-refractivity contribution in [2.45, 2.75) is 39.3 Å². The Morgan fingerprint density at radius 1 is 0.947 bits per heavy atom. The van der Waals surface area contributed by atoms with Crippen LogP contribution >= 0.6 is 0 Å². The number of benzene rings is 3. The molecule has 1 aromatic heterocycles. The van der Waals surface area contributed by atoms with Gasteiger partial charge in [-0.1, -0.05) is 55.5 Å². The third-order valence-electron chi connectivity index (χ3n) is 5.60. The summed E-state index contributed by atoms with van der Waals surface area (Å²) in [5.41, 5.74) is 2.81. The number of halogens is 3. The molecule has 0 amide bonds. The topological polar surface area (TPSA) is 76.0 Å². The van der Waals surface area contributed by atoms with Gasteiger partial charge in [0.25, 0.3) is 0 Å². The number of ether oxygens (including phenoxy) is 2. The molecule has 1 heterocycles. The first-order valence-electron chi connectivity index (χ1n) is 11.7. The Morgan fingerprint density at radius 2 is 1.68 bits per heavy atom. The molecule has 0 radical (unpaired) electrons. The average molecular weight is 527 g/mol. The Balaban J connectivity index is 1.69. The first-order valence-corrected chi connectivity index (χ1v) is 11.7. The molecule has 4 aromatic rings. The molecule has 1 unspecified atom stereocenters. The molecule has 3 aromatic carbocycles. The summed E-state index contributed by atoms with van der Waals surface area (Å²) < 4.78 is 49.0. The number of rotatable bonds is 9. The van der Waals surface area contributed by atoms with Gasteiger partial charge < -0.3 is 14.0 Å². The van der Waals surface area contributed by atoms with E-state index >= 15 is 0 Å². The molecule has 0 saturated heterocycles. The summed E-state index contributed by atoms with van der Waals surface area (Å²) >= 11 is 0. The number of hydrogen-bond donors (Lipinski definition) is 0. The normalized spacial score (nSPS) is 12.1. The average Bonchev–Trinajstić information content (AvgIpc) is 3.22. The predicted molar refractivity (Wildman–Crippen MR) is 132 cm³/mol. The summed E-state index contributed by atoms with van der Waals surface area (Å²) in [6.07, 6.45) is -4.09. The minimum Gasteiger partial charge on any atom is -0.450 e. The Kier molecular flexibility index (Phi) is 7.90. The van der Waals surface area contributed by atoms with E-state index in [0.29, 0.717) is 23.1 Å². The van der Waals surface area contributed by atoms with Crippen molar-refractivity contribution < 1.29 is 42.0 Å². The molecule has 0 aliphatic heterocycles. The fourth-order valence-corrected chi connectivity index (χ4v) is 3.93. The largest absolute Gasteiger partial charge is 0.573 e. The summed E-state index contributed by atoms with van der Waals surface area (Å²) in [4.78, 5) is 34.1. The highest BCUT2D eigenvalue weighted by Gasteiger charge is 2.31. The second kappa shape index (κ2) is 11.3. The van der Waals surface area contributed by atoms with Crippen LogP contribution in [-0.4, -0.2) is 29.0 Å². The zero-order valence-corrected chi connectivity index (χ0v) is 20.5. The van der Waals surface area contributed by atoms with E-state index in [9.17, 15) is 22.8 Å². The van der Waals surface area contributed by atoms with Gasteiger partial charge in [-0.25, -0.2) is 9.68 Å². The summed E-state index contributed by atoms with van der Waals surface area (Å²) in [7, 11) is 0. The molecule has 1 atom stereocenters. The van der Waals surface area contributed by atoms with Crippen molar-refractivity contribution >= 4 is 22.8 Å². The molecular formula is C28H24F3NO6. The Labute approximate surface area is 216 Å². The highest BCUT2D eigenvalue weighted by molar-refractivity contribution is 5.91. The Hall–Kier alpha value is -4.47. The molecule has 0 bridgehead atoms. The highest BCUT2D eigenvalue weighted by Crippen LogP contribution is 2.35. The second-order valence-corrected chi connectivity index (χ2v) is 8.41. The van der Waals surface area contributed by atoms with Crippen LogP contribution < -0.4 is 9.62 Å². The van der Waals surface area contributed by atoms with Crippen molar-refractivity contribution in [1.82, 2.24) is 4.57 Å². The van der Waals surface area contributed by atoms with Gasteiger partial charge in [-0.05, 0) is 47.4 Å². The number of alkyl halides is 3. The minimum absolute atomic E-state index is 0.192. The Bertz CT molecular complexity index is 1430. The molecule has 198 valence electrons. The molecule has 0 spiro atoms. The van der Waals surface area contributed by atoms with Crippen molar-refractivity contribution in [3.8, 4) is 22.6 Å². The minimum atomic E-state index is -4.81. The Morgan fingerprint density at radius 3 is 2.37 bits per heavy atom. The first kappa shape index (κ1) is 26.6. The van der Waals surface area contributed by atoms with E-state index in [1.165, 1.54) is 25.1 Å². The van der Waals surface area contributed by atoms with Crippen molar-refractivity contribution in [1.29, 1.82) is 0 Å². The molecular weight excluding hydrogens is 503 g/mol. The van der Waals surface area contributed by atoms with Crippen molar-refractivity contribution in [3.63, 3.8) is 0 Å². The third-order valence-corrected chi connectivity index (χ3v) is 5.60. The zero-order valence-electron chi connectivity index (χ0n) is 20.5. The molecule has 0 fully saturated rings. The zero-order chi connectivity index (χ0) is 27.3.